The Labute approximate surface area is 170 Å². The standard InChI is InChI=1S/C21H26N4O4/c1-22-20-23-12-15(13-24-20)19(26)25-7-5-21(6-8-25)16-11-18(28-3)17(27-2)10-14(16)4-9-29-21/h10-13H,4-9H2,1-3H3,(H,22,23,24). The number of rotatable bonds is 4. The number of amides is 1. The zero-order chi connectivity index (χ0) is 20.4. The number of anilines is 1. The van der Waals surface area contributed by atoms with E-state index >= 15 is 0 Å². The summed E-state index contributed by atoms with van der Waals surface area (Å²) in [7, 11) is 5.03. The zero-order valence-corrected chi connectivity index (χ0v) is 17.0. The zero-order valence-electron chi connectivity index (χ0n) is 17.0. The van der Waals surface area contributed by atoms with Gasteiger partial charge in [-0.05, 0) is 42.5 Å². The van der Waals surface area contributed by atoms with E-state index in [9.17, 15) is 4.79 Å². The maximum Gasteiger partial charge on any atom is 0.256 e. The van der Waals surface area contributed by atoms with E-state index in [1.165, 1.54) is 5.56 Å². The Kier molecular flexibility index (Phi) is 5.27. The second-order valence-electron chi connectivity index (χ2n) is 7.29. The van der Waals surface area contributed by atoms with Crippen LogP contribution in [0, 0.1) is 0 Å². The van der Waals surface area contributed by atoms with E-state index in [-0.39, 0.29) is 5.91 Å². The number of piperidine rings is 1. The van der Waals surface area contributed by atoms with Gasteiger partial charge in [0, 0.05) is 32.5 Å². The molecule has 1 spiro atoms. The van der Waals surface area contributed by atoms with Crippen LogP contribution in [0.1, 0.15) is 34.3 Å². The summed E-state index contributed by atoms with van der Waals surface area (Å²) >= 11 is 0. The molecule has 8 nitrogen and oxygen atoms in total. The topological polar surface area (TPSA) is 85.8 Å². The van der Waals surface area contributed by atoms with Gasteiger partial charge < -0.3 is 24.4 Å². The first-order chi connectivity index (χ1) is 14.1. The molecular formula is C21H26N4O4. The van der Waals surface area contributed by atoms with Crippen LogP contribution in [-0.2, 0) is 16.8 Å². The highest BCUT2D eigenvalue weighted by atomic mass is 16.5. The molecular weight excluding hydrogens is 372 g/mol. The van der Waals surface area contributed by atoms with Gasteiger partial charge in [-0.2, -0.15) is 0 Å². The summed E-state index contributed by atoms with van der Waals surface area (Å²) in [4.78, 5) is 23.0. The van der Waals surface area contributed by atoms with Crippen molar-refractivity contribution in [3.05, 3.63) is 41.2 Å². The molecule has 8 heteroatoms. The number of benzene rings is 1. The lowest BCUT2D eigenvalue weighted by Crippen LogP contribution is -2.48. The van der Waals surface area contributed by atoms with Gasteiger partial charge in [-0.25, -0.2) is 9.97 Å². The van der Waals surface area contributed by atoms with Crippen molar-refractivity contribution in [2.24, 2.45) is 0 Å². The van der Waals surface area contributed by atoms with Crippen LogP contribution in [0.15, 0.2) is 24.5 Å². The fraction of sp³-hybridized carbons (Fsp3) is 0.476. The number of nitrogens with one attached hydrogen (secondary N) is 1. The van der Waals surface area contributed by atoms with Crippen molar-refractivity contribution >= 4 is 11.9 Å². The number of aromatic nitrogens is 2. The van der Waals surface area contributed by atoms with Crippen molar-refractivity contribution < 1.29 is 19.0 Å². The van der Waals surface area contributed by atoms with Crippen molar-refractivity contribution in [2.75, 3.05) is 46.3 Å². The van der Waals surface area contributed by atoms with Crippen LogP contribution < -0.4 is 14.8 Å². The van der Waals surface area contributed by atoms with Crippen LogP contribution >= 0.6 is 0 Å². The number of carbonyl (C=O) groups is 1. The number of carbonyl (C=O) groups excluding carboxylic acids is 1. The second kappa shape index (κ2) is 7.87. The van der Waals surface area contributed by atoms with Gasteiger partial charge in [0.1, 0.15) is 0 Å². The van der Waals surface area contributed by atoms with E-state index in [1.54, 1.807) is 33.7 Å². The molecule has 1 aromatic carbocycles. The number of hydrogen-bond donors (Lipinski definition) is 1. The van der Waals surface area contributed by atoms with Crippen LogP contribution in [0.4, 0.5) is 5.95 Å². The Balaban J connectivity index is 1.54. The maximum absolute atomic E-state index is 12.8. The van der Waals surface area contributed by atoms with E-state index in [2.05, 4.69) is 21.4 Å². The molecule has 0 atom stereocenters. The minimum absolute atomic E-state index is 0.0501. The Morgan fingerprint density at radius 2 is 1.79 bits per heavy atom. The number of hydrogen-bond acceptors (Lipinski definition) is 7. The molecule has 1 amide bonds. The van der Waals surface area contributed by atoms with Crippen LogP contribution in [0.3, 0.4) is 0 Å². The maximum atomic E-state index is 12.8. The van der Waals surface area contributed by atoms with Crippen LogP contribution in [0.5, 0.6) is 11.5 Å². The third-order valence-electron chi connectivity index (χ3n) is 5.83. The Morgan fingerprint density at radius 3 is 2.41 bits per heavy atom. The second-order valence-corrected chi connectivity index (χ2v) is 7.29. The molecule has 0 radical (unpaired) electrons. The largest absolute Gasteiger partial charge is 0.493 e. The minimum Gasteiger partial charge on any atom is -0.493 e. The molecule has 29 heavy (non-hydrogen) atoms. The first kappa shape index (κ1) is 19.4. The van der Waals surface area contributed by atoms with Gasteiger partial charge in [0.15, 0.2) is 11.5 Å². The first-order valence-corrected chi connectivity index (χ1v) is 9.78. The third kappa shape index (κ3) is 3.48. The number of methoxy groups -OCH3 is 2. The molecule has 0 unspecified atom stereocenters. The molecule has 2 aliphatic rings. The van der Waals surface area contributed by atoms with Gasteiger partial charge in [-0.15, -0.1) is 0 Å². The summed E-state index contributed by atoms with van der Waals surface area (Å²) in [6.07, 6.45) is 5.44. The molecule has 3 heterocycles. The number of likely N-dealkylation sites (tertiary alicyclic amines) is 1. The number of fused-ring (bicyclic) bond motifs is 2. The van der Waals surface area contributed by atoms with Gasteiger partial charge in [-0.3, -0.25) is 4.79 Å². The normalized spacial score (nSPS) is 17.6. The van der Waals surface area contributed by atoms with Crippen molar-refractivity contribution in [2.45, 2.75) is 24.9 Å². The Morgan fingerprint density at radius 1 is 1.14 bits per heavy atom. The Hall–Kier alpha value is -2.87. The molecule has 1 fully saturated rings. The fourth-order valence-electron chi connectivity index (χ4n) is 4.22. The Bertz CT molecular complexity index is 892. The monoisotopic (exact) mass is 398 g/mol. The number of ether oxygens (including phenoxy) is 3. The summed E-state index contributed by atoms with van der Waals surface area (Å²) in [5.41, 5.74) is 2.48. The SMILES string of the molecule is CNc1ncc(C(=O)N2CCC3(CC2)OCCc2cc(OC)c(OC)cc23)cn1. The van der Waals surface area contributed by atoms with Crippen LogP contribution in [0.2, 0.25) is 0 Å². The van der Waals surface area contributed by atoms with Crippen molar-refractivity contribution in [3.8, 4) is 11.5 Å². The molecule has 0 aliphatic carbocycles. The van der Waals surface area contributed by atoms with Crippen LogP contribution in [-0.4, -0.2) is 61.7 Å². The van der Waals surface area contributed by atoms with Crippen LogP contribution in [0.25, 0.3) is 0 Å². The van der Waals surface area contributed by atoms with Gasteiger partial charge in [-0.1, -0.05) is 0 Å². The molecule has 0 saturated carbocycles. The van der Waals surface area contributed by atoms with Crippen molar-refractivity contribution in [1.82, 2.24) is 14.9 Å². The lowest BCUT2D eigenvalue weighted by molar-refractivity contribution is -0.0936. The van der Waals surface area contributed by atoms with E-state index in [0.717, 1.165) is 30.6 Å². The number of nitrogens with zero attached hydrogens (tertiary/aromatic N) is 3. The molecule has 4 rings (SSSR count). The molecule has 1 N–H and O–H groups in total. The highest BCUT2D eigenvalue weighted by Gasteiger charge is 2.42. The lowest BCUT2D eigenvalue weighted by Gasteiger charge is -2.45. The molecule has 2 aliphatic heterocycles. The molecule has 154 valence electrons. The van der Waals surface area contributed by atoms with E-state index < -0.39 is 5.60 Å². The third-order valence-corrected chi connectivity index (χ3v) is 5.83. The summed E-state index contributed by atoms with van der Waals surface area (Å²) < 4.78 is 17.3. The molecule has 0 bridgehead atoms. The van der Waals surface area contributed by atoms with Gasteiger partial charge >= 0.3 is 0 Å². The first-order valence-electron chi connectivity index (χ1n) is 9.78. The van der Waals surface area contributed by atoms with Gasteiger partial charge in [0.05, 0.1) is 32.0 Å². The molecule has 1 aromatic heterocycles. The smallest absolute Gasteiger partial charge is 0.256 e. The molecule has 2 aromatic rings. The molecule has 1 saturated heterocycles. The average molecular weight is 398 g/mol. The minimum atomic E-state index is -0.392. The van der Waals surface area contributed by atoms with E-state index in [0.29, 0.717) is 37.0 Å². The summed E-state index contributed by atoms with van der Waals surface area (Å²) in [5, 5.41) is 2.86. The average Bonchev–Trinajstić information content (AvgIpc) is 2.78. The lowest BCUT2D eigenvalue weighted by atomic mass is 9.79. The predicted molar refractivity (Wildman–Crippen MR) is 108 cm³/mol. The highest BCUT2D eigenvalue weighted by Crippen LogP contribution is 2.45. The summed E-state index contributed by atoms with van der Waals surface area (Å²) in [6, 6.07) is 4.09. The van der Waals surface area contributed by atoms with Gasteiger partial charge in [0.2, 0.25) is 5.95 Å². The summed E-state index contributed by atoms with van der Waals surface area (Å²) in [5.74, 6) is 1.89. The van der Waals surface area contributed by atoms with Gasteiger partial charge in [0.25, 0.3) is 5.91 Å². The highest BCUT2D eigenvalue weighted by molar-refractivity contribution is 5.93. The van der Waals surface area contributed by atoms with E-state index in [4.69, 9.17) is 14.2 Å². The predicted octanol–water partition coefficient (Wildman–Crippen LogP) is 2.24. The van der Waals surface area contributed by atoms with Crippen molar-refractivity contribution in [3.63, 3.8) is 0 Å². The van der Waals surface area contributed by atoms with E-state index in [1.807, 2.05) is 11.0 Å². The quantitative estimate of drug-likeness (QED) is 0.845. The summed E-state index contributed by atoms with van der Waals surface area (Å²) in [6.45, 7) is 1.89. The fourth-order valence-corrected chi connectivity index (χ4v) is 4.22. The van der Waals surface area contributed by atoms with Crippen molar-refractivity contribution in [1.29, 1.82) is 0 Å².